The zero-order valence-corrected chi connectivity index (χ0v) is 10.6. The Labute approximate surface area is 108 Å². The van der Waals surface area contributed by atoms with Crippen LogP contribution in [0.5, 0.6) is 0 Å². The summed E-state index contributed by atoms with van der Waals surface area (Å²) in [5.41, 5.74) is 0. The number of carbonyl (C=O) groups is 2. The van der Waals surface area contributed by atoms with Crippen molar-refractivity contribution in [2.75, 3.05) is 12.8 Å². The SMILES string of the molecule is CSCc1noc(CN2C[C@H](C(=O)O)CC2=O)n1. The summed E-state index contributed by atoms with van der Waals surface area (Å²) in [6.45, 7) is 0.387. The second-order valence-corrected chi connectivity index (χ2v) is 4.92. The quantitative estimate of drug-likeness (QED) is 0.826. The van der Waals surface area contributed by atoms with Crippen molar-refractivity contribution < 1.29 is 19.2 Å². The molecular formula is C10H13N3O4S. The molecule has 0 aromatic carbocycles. The van der Waals surface area contributed by atoms with Crippen LogP contribution in [0.25, 0.3) is 0 Å². The van der Waals surface area contributed by atoms with Crippen molar-refractivity contribution in [3.63, 3.8) is 0 Å². The number of carboxylic acids is 1. The number of likely N-dealkylation sites (tertiary alicyclic amines) is 1. The first kappa shape index (κ1) is 12.9. The van der Waals surface area contributed by atoms with Crippen molar-refractivity contribution in [1.29, 1.82) is 0 Å². The third kappa shape index (κ3) is 2.81. The average Bonchev–Trinajstić information content (AvgIpc) is 2.88. The largest absolute Gasteiger partial charge is 0.481 e. The van der Waals surface area contributed by atoms with Crippen LogP contribution < -0.4 is 0 Å². The first-order chi connectivity index (χ1) is 8.60. The van der Waals surface area contributed by atoms with Gasteiger partial charge >= 0.3 is 5.97 Å². The minimum Gasteiger partial charge on any atom is -0.481 e. The molecule has 0 aliphatic carbocycles. The highest BCUT2D eigenvalue weighted by molar-refractivity contribution is 7.97. The molecule has 8 heteroatoms. The number of carboxylic acid groups (broad SMARTS) is 1. The average molecular weight is 271 g/mol. The van der Waals surface area contributed by atoms with Crippen molar-refractivity contribution in [1.82, 2.24) is 15.0 Å². The molecule has 1 fully saturated rings. The zero-order chi connectivity index (χ0) is 13.1. The molecule has 18 heavy (non-hydrogen) atoms. The number of nitrogens with zero attached hydrogens (tertiary/aromatic N) is 3. The number of rotatable bonds is 5. The summed E-state index contributed by atoms with van der Waals surface area (Å²) in [4.78, 5) is 28.0. The van der Waals surface area contributed by atoms with Gasteiger partial charge in [0.25, 0.3) is 0 Å². The molecule has 1 aromatic rings. The van der Waals surface area contributed by atoms with Gasteiger partial charge in [0.1, 0.15) is 6.54 Å². The molecule has 1 aliphatic rings. The van der Waals surface area contributed by atoms with E-state index in [0.29, 0.717) is 17.5 Å². The van der Waals surface area contributed by atoms with E-state index >= 15 is 0 Å². The molecule has 1 N–H and O–H groups in total. The van der Waals surface area contributed by atoms with Crippen LogP contribution in [0.15, 0.2) is 4.52 Å². The van der Waals surface area contributed by atoms with E-state index in [1.807, 2.05) is 6.26 Å². The number of hydrogen-bond acceptors (Lipinski definition) is 6. The molecule has 2 rings (SSSR count). The van der Waals surface area contributed by atoms with Gasteiger partial charge in [-0.15, -0.1) is 0 Å². The van der Waals surface area contributed by atoms with Crippen molar-refractivity contribution in [2.24, 2.45) is 5.92 Å². The van der Waals surface area contributed by atoms with Gasteiger partial charge in [-0.05, 0) is 6.26 Å². The second kappa shape index (κ2) is 5.38. The van der Waals surface area contributed by atoms with E-state index < -0.39 is 11.9 Å². The summed E-state index contributed by atoms with van der Waals surface area (Å²) >= 11 is 1.57. The van der Waals surface area contributed by atoms with E-state index in [9.17, 15) is 9.59 Å². The van der Waals surface area contributed by atoms with Gasteiger partial charge in [0.15, 0.2) is 5.82 Å². The zero-order valence-electron chi connectivity index (χ0n) is 9.83. The minimum atomic E-state index is -0.945. The third-order valence-electron chi connectivity index (χ3n) is 2.67. The molecule has 0 radical (unpaired) electrons. The molecule has 1 amide bonds. The third-order valence-corrected chi connectivity index (χ3v) is 3.22. The van der Waals surface area contributed by atoms with Gasteiger partial charge in [0, 0.05) is 13.0 Å². The molecule has 7 nitrogen and oxygen atoms in total. The Bertz CT molecular complexity index is 462. The lowest BCUT2D eigenvalue weighted by Gasteiger charge is -2.12. The summed E-state index contributed by atoms with van der Waals surface area (Å²) in [7, 11) is 0. The normalized spacial score (nSPS) is 19.5. The lowest BCUT2D eigenvalue weighted by Crippen LogP contribution is -2.25. The summed E-state index contributed by atoms with van der Waals surface area (Å²) in [6, 6.07) is 0. The van der Waals surface area contributed by atoms with Gasteiger partial charge in [-0.25, -0.2) is 0 Å². The highest BCUT2D eigenvalue weighted by Gasteiger charge is 2.34. The maximum Gasteiger partial charge on any atom is 0.308 e. The second-order valence-electron chi connectivity index (χ2n) is 4.05. The molecule has 1 aliphatic heterocycles. The van der Waals surface area contributed by atoms with Crippen molar-refractivity contribution in [3.8, 4) is 0 Å². The van der Waals surface area contributed by atoms with E-state index in [-0.39, 0.29) is 25.4 Å². The maximum absolute atomic E-state index is 11.6. The minimum absolute atomic E-state index is 0.0428. The number of aromatic nitrogens is 2. The smallest absolute Gasteiger partial charge is 0.308 e. The fourth-order valence-electron chi connectivity index (χ4n) is 1.80. The molecule has 2 heterocycles. The van der Waals surface area contributed by atoms with Gasteiger partial charge < -0.3 is 14.5 Å². The van der Waals surface area contributed by atoms with Crippen LogP contribution in [0.4, 0.5) is 0 Å². The highest BCUT2D eigenvalue weighted by Crippen LogP contribution is 2.20. The molecular weight excluding hydrogens is 258 g/mol. The lowest BCUT2D eigenvalue weighted by molar-refractivity contribution is -0.141. The fourth-order valence-corrected chi connectivity index (χ4v) is 2.17. The van der Waals surface area contributed by atoms with Crippen LogP contribution in [0, 0.1) is 5.92 Å². The van der Waals surface area contributed by atoms with Crippen LogP contribution >= 0.6 is 11.8 Å². The van der Waals surface area contributed by atoms with Crippen LogP contribution in [0.2, 0.25) is 0 Å². The number of hydrogen-bond donors (Lipinski definition) is 1. The molecule has 0 spiro atoms. The Morgan fingerprint density at radius 1 is 1.67 bits per heavy atom. The predicted octanol–water partition coefficient (Wildman–Crippen LogP) is 0.366. The maximum atomic E-state index is 11.6. The Kier molecular flexibility index (Phi) is 3.85. The molecule has 0 bridgehead atoms. The van der Waals surface area contributed by atoms with Gasteiger partial charge in [0.05, 0.1) is 11.7 Å². The number of aliphatic carboxylic acids is 1. The summed E-state index contributed by atoms with van der Waals surface area (Å²) in [6.07, 6.45) is 1.97. The van der Waals surface area contributed by atoms with Gasteiger partial charge in [-0.3, -0.25) is 9.59 Å². The van der Waals surface area contributed by atoms with Crippen LogP contribution in [-0.4, -0.2) is 44.8 Å². The fraction of sp³-hybridized carbons (Fsp3) is 0.600. The lowest BCUT2D eigenvalue weighted by atomic mass is 10.1. The molecule has 1 atom stereocenters. The van der Waals surface area contributed by atoms with Gasteiger partial charge in [-0.1, -0.05) is 5.16 Å². The van der Waals surface area contributed by atoms with Crippen LogP contribution in [0.1, 0.15) is 18.1 Å². The topological polar surface area (TPSA) is 96.5 Å². The predicted molar refractivity (Wildman–Crippen MR) is 62.7 cm³/mol. The van der Waals surface area contributed by atoms with Gasteiger partial charge in [-0.2, -0.15) is 16.7 Å². The number of carbonyl (C=O) groups excluding carboxylic acids is 1. The molecule has 98 valence electrons. The van der Waals surface area contributed by atoms with E-state index in [0.717, 1.165) is 0 Å². The molecule has 1 aromatic heterocycles. The van der Waals surface area contributed by atoms with E-state index in [1.165, 1.54) is 4.90 Å². The van der Waals surface area contributed by atoms with Crippen molar-refractivity contribution in [3.05, 3.63) is 11.7 Å². The van der Waals surface area contributed by atoms with Crippen LogP contribution in [-0.2, 0) is 21.9 Å². The Hall–Kier alpha value is -1.57. The first-order valence-corrected chi connectivity index (χ1v) is 6.80. The monoisotopic (exact) mass is 271 g/mol. The van der Waals surface area contributed by atoms with Crippen molar-refractivity contribution >= 4 is 23.6 Å². The van der Waals surface area contributed by atoms with Crippen molar-refractivity contribution in [2.45, 2.75) is 18.7 Å². The Morgan fingerprint density at radius 2 is 2.44 bits per heavy atom. The number of amides is 1. The van der Waals surface area contributed by atoms with E-state index in [4.69, 9.17) is 9.63 Å². The van der Waals surface area contributed by atoms with Gasteiger partial charge in [0.2, 0.25) is 11.8 Å². The standard InChI is InChI=1S/C10H13N3O4S/c1-18-5-7-11-8(17-12-7)4-13-3-6(10(15)16)2-9(13)14/h6H,2-5H2,1H3,(H,15,16)/t6-/m1/s1. The highest BCUT2D eigenvalue weighted by atomic mass is 32.2. The number of thioether (sulfide) groups is 1. The summed E-state index contributed by atoms with van der Waals surface area (Å²) in [5.74, 6) is -0.190. The van der Waals surface area contributed by atoms with E-state index in [2.05, 4.69) is 10.1 Å². The van der Waals surface area contributed by atoms with Crippen LogP contribution in [0.3, 0.4) is 0 Å². The molecule has 0 saturated carbocycles. The Balaban J connectivity index is 1.96. The Morgan fingerprint density at radius 3 is 3.06 bits per heavy atom. The first-order valence-electron chi connectivity index (χ1n) is 5.41. The molecule has 0 unspecified atom stereocenters. The summed E-state index contributed by atoms with van der Waals surface area (Å²) in [5, 5.41) is 12.6. The summed E-state index contributed by atoms with van der Waals surface area (Å²) < 4.78 is 5.01. The van der Waals surface area contributed by atoms with E-state index in [1.54, 1.807) is 11.8 Å². The molecule has 1 saturated heterocycles.